The molecule has 9 heteroatoms. The zero-order valence-corrected chi connectivity index (χ0v) is 20.4. The van der Waals surface area contributed by atoms with Gasteiger partial charge in [0.05, 0.1) is 20.7 Å². The summed E-state index contributed by atoms with van der Waals surface area (Å²) < 4.78 is 34.2. The standard InChI is InChI=1S/C25H23N3O4S2/c1-27(2)25-26-22-12-9-20(15-23(22)33-25)32-24(29)18-7-10-21(11-8-18)34(30,31)28-14-13-17-5-3-4-6-19(17)16-28/h3-12,15H,13-14,16H2,1-2H3. The monoisotopic (exact) mass is 493 g/mol. The van der Waals surface area contributed by atoms with Crippen LogP contribution in [0.5, 0.6) is 5.75 Å². The van der Waals surface area contributed by atoms with Crippen LogP contribution in [0, 0.1) is 0 Å². The SMILES string of the molecule is CN(C)c1nc2ccc(OC(=O)c3ccc(S(=O)(=O)N4CCc5ccccc5C4)cc3)cc2s1. The summed E-state index contributed by atoms with van der Waals surface area (Å²) in [6.45, 7) is 0.774. The lowest BCUT2D eigenvalue weighted by Crippen LogP contribution is -2.35. The molecule has 4 aromatic rings. The van der Waals surface area contributed by atoms with E-state index in [0.717, 1.165) is 20.9 Å². The number of carbonyl (C=O) groups excluding carboxylic acids is 1. The second-order valence-electron chi connectivity index (χ2n) is 8.29. The molecular weight excluding hydrogens is 470 g/mol. The van der Waals surface area contributed by atoms with Crippen LogP contribution in [-0.2, 0) is 23.0 Å². The van der Waals surface area contributed by atoms with E-state index in [2.05, 4.69) is 4.98 Å². The van der Waals surface area contributed by atoms with Gasteiger partial charge < -0.3 is 9.64 Å². The second-order valence-corrected chi connectivity index (χ2v) is 11.2. The maximum Gasteiger partial charge on any atom is 0.343 e. The molecule has 0 spiro atoms. The minimum atomic E-state index is -3.66. The van der Waals surface area contributed by atoms with E-state index in [-0.39, 0.29) is 10.5 Å². The number of aromatic nitrogens is 1. The zero-order valence-electron chi connectivity index (χ0n) is 18.8. The van der Waals surface area contributed by atoms with Crippen molar-refractivity contribution in [2.45, 2.75) is 17.9 Å². The molecule has 0 amide bonds. The Morgan fingerprint density at radius 1 is 1.03 bits per heavy atom. The quantitative estimate of drug-likeness (QED) is 0.304. The van der Waals surface area contributed by atoms with Crippen molar-refractivity contribution in [3.8, 4) is 5.75 Å². The summed E-state index contributed by atoms with van der Waals surface area (Å²) in [7, 11) is 0.183. The Balaban J connectivity index is 1.31. The van der Waals surface area contributed by atoms with Crippen LogP contribution in [0.2, 0.25) is 0 Å². The summed E-state index contributed by atoms with van der Waals surface area (Å²) in [6, 6.07) is 19.1. The van der Waals surface area contributed by atoms with Gasteiger partial charge in [-0.25, -0.2) is 18.2 Å². The molecule has 0 bridgehead atoms. The van der Waals surface area contributed by atoms with Crippen molar-refractivity contribution >= 4 is 42.7 Å². The van der Waals surface area contributed by atoms with Crippen LogP contribution in [0.4, 0.5) is 5.13 Å². The number of rotatable bonds is 5. The molecule has 0 aliphatic carbocycles. The fourth-order valence-electron chi connectivity index (χ4n) is 3.90. The van der Waals surface area contributed by atoms with Crippen LogP contribution in [0.25, 0.3) is 10.2 Å². The van der Waals surface area contributed by atoms with Crippen LogP contribution in [-0.4, -0.2) is 44.3 Å². The number of benzene rings is 3. The molecule has 0 saturated heterocycles. The number of anilines is 1. The number of nitrogens with zero attached hydrogens (tertiary/aromatic N) is 3. The predicted octanol–water partition coefficient (Wildman–Crippen LogP) is 4.33. The molecule has 0 saturated carbocycles. The van der Waals surface area contributed by atoms with Gasteiger partial charge in [-0.3, -0.25) is 0 Å². The molecule has 0 radical (unpaired) electrons. The fraction of sp³-hybridized carbons (Fsp3) is 0.200. The average molecular weight is 494 g/mol. The summed E-state index contributed by atoms with van der Waals surface area (Å²) in [4.78, 5) is 19.3. The largest absolute Gasteiger partial charge is 0.423 e. The van der Waals surface area contributed by atoms with E-state index < -0.39 is 16.0 Å². The smallest absolute Gasteiger partial charge is 0.343 e. The Kier molecular flexibility index (Phi) is 5.85. The van der Waals surface area contributed by atoms with E-state index >= 15 is 0 Å². The van der Waals surface area contributed by atoms with Crippen LogP contribution in [0.1, 0.15) is 21.5 Å². The fourth-order valence-corrected chi connectivity index (χ4v) is 6.24. The number of esters is 1. The van der Waals surface area contributed by atoms with Crippen molar-refractivity contribution in [1.82, 2.24) is 9.29 Å². The van der Waals surface area contributed by atoms with E-state index in [9.17, 15) is 13.2 Å². The highest BCUT2D eigenvalue weighted by atomic mass is 32.2. The van der Waals surface area contributed by atoms with E-state index in [1.807, 2.05) is 49.3 Å². The Bertz CT molecular complexity index is 1480. The van der Waals surface area contributed by atoms with Crippen molar-refractivity contribution < 1.29 is 17.9 Å². The highest BCUT2D eigenvalue weighted by molar-refractivity contribution is 7.89. The highest BCUT2D eigenvalue weighted by Crippen LogP contribution is 2.31. The predicted molar refractivity (Wildman–Crippen MR) is 133 cm³/mol. The van der Waals surface area contributed by atoms with Crippen molar-refractivity contribution in [3.05, 3.63) is 83.4 Å². The van der Waals surface area contributed by atoms with Gasteiger partial charge in [-0.2, -0.15) is 4.31 Å². The first kappa shape index (κ1) is 22.5. The van der Waals surface area contributed by atoms with E-state index in [4.69, 9.17) is 4.74 Å². The van der Waals surface area contributed by atoms with Gasteiger partial charge in [-0.1, -0.05) is 35.6 Å². The normalized spacial score (nSPS) is 14.1. The minimum absolute atomic E-state index is 0.158. The zero-order chi connectivity index (χ0) is 23.9. The molecule has 1 aliphatic heterocycles. The van der Waals surface area contributed by atoms with Gasteiger partial charge in [-0.05, 0) is 53.9 Å². The summed E-state index contributed by atoms with van der Waals surface area (Å²) >= 11 is 1.51. The topological polar surface area (TPSA) is 79.8 Å². The number of fused-ring (bicyclic) bond motifs is 2. The van der Waals surface area contributed by atoms with Crippen LogP contribution < -0.4 is 9.64 Å². The Morgan fingerprint density at radius 2 is 1.76 bits per heavy atom. The maximum absolute atomic E-state index is 13.1. The van der Waals surface area contributed by atoms with Gasteiger partial charge in [0.2, 0.25) is 10.0 Å². The molecular formula is C25H23N3O4S2. The molecule has 174 valence electrons. The van der Waals surface area contributed by atoms with Gasteiger partial charge in [0.15, 0.2) is 5.13 Å². The lowest BCUT2D eigenvalue weighted by atomic mass is 10.0. The van der Waals surface area contributed by atoms with Crippen molar-refractivity contribution in [1.29, 1.82) is 0 Å². The molecule has 7 nitrogen and oxygen atoms in total. The summed E-state index contributed by atoms with van der Waals surface area (Å²) in [5.74, 6) is -0.136. The third-order valence-corrected chi connectivity index (χ3v) is 8.81. The van der Waals surface area contributed by atoms with Crippen LogP contribution in [0.3, 0.4) is 0 Å². The lowest BCUT2D eigenvalue weighted by molar-refractivity contribution is 0.0735. The average Bonchev–Trinajstić information content (AvgIpc) is 3.28. The third-order valence-electron chi connectivity index (χ3n) is 5.77. The molecule has 0 unspecified atom stereocenters. The molecule has 0 N–H and O–H groups in total. The first-order valence-corrected chi connectivity index (χ1v) is 13.0. The van der Waals surface area contributed by atoms with Crippen LogP contribution >= 0.6 is 11.3 Å². The Hall–Kier alpha value is -3.27. The highest BCUT2D eigenvalue weighted by Gasteiger charge is 2.28. The molecule has 1 aromatic heterocycles. The van der Waals surface area contributed by atoms with E-state index in [1.54, 1.807) is 12.1 Å². The molecule has 2 heterocycles. The first-order chi connectivity index (χ1) is 16.3. The molecule has 5 rings (SSSR count). The lowest BCUT2D eigenvalue weighted by Gasteiger charge is -2.28. The van der Waals surface area contributed by atoms with Gasteiger partial charge in [0.1, 0.15) is 5.75 Å². The second kappa shape index (κ2) is 8.83. The van der Waals surface area contributed by atoms with Gasteiger partial charge in [-0.15, -0.1) is 0 Å². The number of ether oxygens (including phenoxy) is 1. The number of thiazole rings is 1. The number of sulfonamides is 1. The summed E-state index contributed by atoms with van der Waals surface area (Å²) in [5, 5.41) is 0.868. The number of hydrogen-bond donors (Lipinski definition) is 0. The number of hydrogen-bond acceptors (Lipinski definition) is 7. The maximum atomic E-state index is 13.1. The Labute approximate surface area is 202 Å². The molecule has 0 fully saturated rings. The molecule has 1 aliphatic rings. The van der Waals surface area contributed by atoms with Crippen molar-refractivity contribution in [3.63, 3.8) is 0 Å². The Morgan fingerprint density at radius 3 is 2.50 bits per heavy atom. The van der Waals surface area contributed by atoms with Gasteiger partial charge in [0, 0.05) is 33.3 Å². The summed E-state index contributed by atoms with van der Waals surface area (Å²) in [6.07, 6.45) is 0.681. The molecule has 0 atom stereocenters. The van der Waals surface area contributed by atoms with Crippen molar-refractivity contribution in [2.24, 2.45) is 0 Å². The molecule has 34 heavy (non-hydrogen) atoms. The van der Waals surface area contributed by atoms with Crippen molar-refractivity contribution in [2.75, 3.05) is 25.5 Å². The summed E-state index contributed by atoms with van der Waals surface area (Å²) in [5.41, 5.74) is 3.32. The third kappa shape index (κ3) is 4.29. The number of carbonyl (C=O) groups is 1. The first-order valence-electron chi connectivity index (χ1n) is 10.8. The van der Waals surface area contributed by atoms with E-state index in [1.165, 1.54) is 45.5 Å². The molecule has 3 aromatic carbocycles. The van der Waals surface area contributed by atoms with Gasteiger partial charge in [0.25, 0.3) is 0 Å². The van der Waals surface area contributed by atoms with Crippen LogP contribution in [0.15, 0.2) is 71.6 Å². The van der Waals surface area contributed by atoms with Gasteiger partial charge >= 0.3 is 5.97 Å². The minimum Gasteiger partial charge on any atom is -0.423 e. The van der Waals surface area contributed by atoms with E-state index in [0.29, 0.717) is 25.3 Å².